The summed E-state index contributed by atoms with van der Waals surface area (Å²) in [6.45, 7) is 0. The Balaban J connectivity index is 3.12. The van der Waals surface area contributed by atoms with Gasteiger partial charge in [0.1, 0.15) is 6.10 Å². The second kappa shape index (κ2) is 4.72. The van der Waals surface area contributed by atoms with E-state index in [9.17, 15) is 18.3 Å². The number of halogens is 6. The van der Waals surface area contributed by atoms with Crippen LogP contribution in [0.15, 0.2) is 28.7 Å². The van der Waals surface area contributed by atoms with Gasteiger partial charge in [-0.3, -0.25) is 0 Å². The third-order valence-corrected chi connectivity index (χ3v) is 3.49. The van der Waals surface area contributed by atoms with Gasteiger partial charge in [0.25, 0.3) is 0 Å². The number of rotatable bonds is 2. The molecule has 1 N–H and O–H groups in total. The van der Waals surface area contributed by atoms with Crippen LogP contribution in [0.4, 0.5) is 13.2 Å². The minimum atomic E-state index is -4.93. The van der Waals surface area contributed by atoms with Crippen molar-refractivity contribution in [3.05, 3.63) is 34.3 Å². The molecule has 1 aromatic carbocycles. The molecule has 0 fully saturated rings. The van der Waals surface area contributed by atoms with E-state index in [0.717, 1.165) is 0 Å². The lowest BCUT2D eigenvalue weighted by Crippen LogP contribution is -2.40. The minimum absolute atomic E-state index is 0.0233. The van der Waals surface area contributed by atoms with Crippen molar-refractivity contribution in [1.82, 2.24) is 0 Å². The molecule has 7 heteroatoms. The highest BCUT2D eigenvalue weighted by Crippen LogP contribution is 2.49. The van der Waals surface area contributed by atoms with E-state index >= 15 is 0 Å². The van der Waals surface area contributed by atoms with Crippen LogP contribution in [0.3, 0.4) is 0 Å². The Morgan fingerprint density at radius 1 is 1.19 bits per heavy atom. The summed E-state index contributed by atoms with van der Waals surface area (Å²) < 4.78 is 34.4. The summed E-state index contributed by atoms with van der Waals surface area (Å²) in [5.41, 5.74) is -0.0233. The molecule has 0 aliphatic heterocycles. The zero-order valence-corrected chi connectivity index (χ0v) is 10.7. The molecule has 1 aromatic rings. The Morgan fingerprint density at radius 2 is 1.69 bits per heavy atom. The van der Waals surface area contributed by atoms with E-state index < -0.39 is 16.6 Å². The van der Waals surface area contributed by atoms with Crippen molar-refractivity contribution in [1.29, 1.82) is 0 Å². The molecule has 16 heavy (non-hydrogen) atoms. The number of aliphatic hydroxyl groups excluding tert-OH is 1. The molecule has 0 amide bonds. The Labute approximate surface area is 108 Å². The highest BCUT2D eigenvalue weighted by Gasteiger charge is 2.58. The lowest BCUT2D eigenvalue weighted by molar-refractivity contribution is -0.162. The van der Waals surface area contributed by atoms with Crippen LogP contribution in [0.5, 0.6) is 0 Å². The predicted molar refractivity (Wildman–Crippen MR) is 59.6 cm³/mol. The topological polar surface area (TPSA) is 20.2 Å². The van der Waals surface area contributed by atoms with Crippen molar-refractivity contribution in [3.8, 4) is 0 Å². The summed E-state index contributed by atoms with van der Waals surface area (Å²) in [5, 5.41) is 9.55. The van der Waals surface area contributed by atoms with E-state index in [2.05, 4.69) is 15.9 Å². The number of aliphatic hydroxyl groups is 1. The van der Waals surface area contributed by atoms with Gasteiger partial charge in [-0.05, 0) is 11.6 Å². The third-order valence-electron chi connectivity index (χ3n) is 1.92. The first-order chi connectivity index (χ1) is 7.18. The predicted octanol–water partition coefficient (Wildman–Crippen LogP) is 4.22. The zero-order valence-electron chi connectivity index (χ0n) is 7.60. The van der Waals surface area contributed by atoms with Gasteiger partial charge in [-0.25, -0.2) is 0 Å². The fourth-order valence-corrected chi connectivity index (χ4v) is 1.78. The summed E-state index contributed by atoms with van der Waals surface area (Å²) in [6, 6.07) is 5.86. The number of hydrogen-bond acceptors (Lipinski definition) is 1. The molecule has 0 bridgehead atoms. The highest BCUT2D eigenvalue weighted by atomic mass is 79.9. The van der Waals surface area contributed by atoms with Crippen molar-refractivity contribution in [2.45, 2.75) is 16.6 Å². The summed E-state index contributed by atoms with van der Waals surface area (Å²) in [7, 11) is 0. The molecule has 0 aliphatic rings. The normalized spacial score (nSPS) is 14.9. The van der Waals surface area contributed by atoms with Gasteiger partial charge in [0, 0.05) is 4.47 Å². The Bertz CT molecular complexity index is 381. The average molecular weight is 338 g/mol. The van der Waals surface area contributed by atoms with E-state index in [1.54, 1.807) is 6.07 Å². The molecule has 0 saturated heterocycles. The number of benzene rings is 1. The molecule has 0 aromatic heterocycles. The lowest BCUT2D eigenvalue weighted by atomic mass is 10.1. The van der Waals surface area contributed by atoms with Crippen molar-refractivity contribution >= 4 is 39.1 Å². The van der Waals surface area contributed by atoms with Crippen LogP contribution in [0.25, 0.3) is 0 Å². The SMILES string of the molecule is O[C@@H](c1ccccc1Br)C(Cl)(Cl)C(F)(F)F. The van der Waals surface area contributed by atoms with Crippen LogP contribution in [0.1, 0.15) is 11.7 Å². The number of hydrogen-bond donors (Lipinski definition) is 1. The molecular formula is C9H6BrCl2F3O. The monoisotopic (exact) mass is 336 g/mol. The van der Waals surface area contributed by atoms with E-state index in [1.807, 2.05) is 0 Å². The van der Waals surface area contributed by atoms with Crippen molar-refractivity contribution in [2.24, 2.45) is 0 Å². The summed E-state index contributed by atoms with van der Waals surface area (Å²) >= 11 is 13.3. The summed E-state index contributed by atoms with van der Waals surface area (Å²) in [4.78, 5) is 0. The molecule has 0 aliphatic carbocycles. The fraction of sp³-hybridized carbons (Fsp3) is 0.333. The van der Waals surface area contributed by atoms with Crippen molar-refractivity contribution in [2.75, 3.05) is 0 Å². The molecule has 0 spiro atoms. The van der Waals surface area contributed by atoms with Crippen LogP contribution in [-0.4, -0.2) is 15.6 Å². The van der Waals surface area contributed by atoms with Crippen LogP contribution >= 0.6 is 39.1 Å². The highest BCUT2D eigenvalue weighted by molar-refractivity contribution is 9.10. The van der Waals surface area contributed by atoms with Crippen LogP contribution in [0.2, 0.25) is 0 Å². The third kappa shape index (κ3) is 2.64. The maximum atomic E-state index is 12.5. The van der Waals surface area contributed by atoms with E-state index in [0.29, 0.717) is 4.47 Å². The zero-order chi connectivity index (χ0) is 12.6. The van der Waals surface area contributed by atoms with Gasteiger partial charge in [0.05, 0.1) is 0 Å². The molecular weight excluding hydrogens is 332 g/mol. The average Bonchev–Trinajstić information content (AvgIpc) is 2.15. The standard InChI is InChI=1S/C9H6BrCl2F3O/c10-6-4-2-1-3-5(6)7(16)8(11,12)9(13,14)15/h1-4,7,16H/t7-/m0/s1. The molecule has 0 radical (unpaired) electrons. The quantitative estimate of drug-likeness (QED) is 0.801. The van der Waals surface area contributed by atoms with Crippen LogP contribution in [0, 0.1) is 0 Å². The van der Waals surface area contributed by atoms with E-state index in [4.69, 9.17) is 23.2 Å². The van der Waals surface area contributed by atoms with Gasteiger partial charge >= 0.3 is 6.18 Å². The summed E-state index contributed by atoms with van der Waals surface area (Å²) in [6.07, 6.45) is -6.99. The molecule has 0 heterocycles. The molecule has 1 nitrogen and oxygen atoms in total. The van der Waals surface area contributed by atoms with Gasteiger partial charge < -0.3 is 5.11 Å². The van der Waals surface area contributed by atoms with Gasteiger partial charge in [-0.15, -0.1) is 0 Å². The smallest absolute Gasteiger partial charge is 0.385 e. The maximum Gasteiger partial charge on any atom is 0.424 e. The van der Waals surface area contributed by atoms with Crippen molar-refractivity contribution < 1.29 is 18.3 Å². The van der Waals surface area contributed by atoms with Gasteiger partial charge in [0.2, 0.25) is 4.33 Å². The van der Waals surface area contributed by atoms with Gasteiger partial charge in [-0.2, -0.15) is 13.2 Å². The van der Waals surface area contributed by atoms with Crippen LogP contribution < -0.4 is 0 Å². The molecule has 90 valence electrons. The molecule has 1 rings (SSSR count). The minimum Gasteiger partial charge on any atom is -0.385 e. The second-order valence-electron chi connectivity index (χ2n) is 3.04. The molecule has 1 atom stereocenters. The van der Waals surface area contributed by atoms with Crippen molar-refractivity contribution in [3.63, 3.8) is 0 Å². The lowest BCUT2D eigenvalue weighted by Gasteiger charge is -2.28. The van der Waals surface area contributed by atoms with Gasteiger partial charge in [0.15, 0.2) is 0 Å². The molecule has 0 unspecified atom stereocenters. The summed E-state index contributed by atoms with van der Waals surface area (Å²) in [5.74, 6) is 0. The number of alkyl halides is 5. The Kier molecular flexibility index (Phi) is 4.16. The largest absolute Gasteiger partial charge is 0.424 e. The second-order valence-corrected chi connectivity index (χ2v) is 5.28. The Morgan fingerprint density at radius 3 is 2.12 bits per heavy atom. The first kappa shape index (κ1) is 14.1. The maximum absolute atomic E-state index is 12.5. The van der Waals surface area contributed by atoms with E-state index in [-0.39, 0.29) is 5.56 Å². The first-order valence-electron chi connectivity index (χ1n) is 4.05. The van der Waals surface area contributed by atoms with Gasteiger partial charge in [-0.1, -0.05) is 57.3 Å². The van der Waals surface area contributed by atoms with E-state index in [1.165, 1.54) is 18.2 Å². The van der Waals surface area contributed by atoms with Crippen LogP contribution in [-0.2, 0) is 0 Å². The Hall–Kier alpha value is 0.0300. The first-order valence-corrected chi connectivity index (χ1v) is 5.60. The molecule has 0 saturated carbocycles. The fourth-order valence-electron chi connectivity index (χ4n) is 1.05.